The van der Waals surface area contributed by atoms with E-state index in [0.717, 1.165) is 12.8 Å². The van der Waals surface area contributed by atoms with Crippen LogP contribution in [0.5, 0.6) is 0 Å². The van der Waals surface area contributed by atoms with Crippen molar-refractivity contribution in [1.29, 1.82) is 0 Å². The van der Waals surface area contributed by atoms with Gasteiger partial charge in [-0.05, 0) is 25.2 Å². The minimum Gasteiger partial charge on any atom is -0.459 e. The molecule has 0 aromatic rings. The van der Waals surface area contributed by atoms with E-state index >= 15 is 0 Å². The highest BCUT2D eigenvalue weighted by Gasteiger charge is 2.24. The molecule has 0 atom stereocenters. The van der Waals surface area contributed by atoms with Crippen molar-refractivity contribution in [2.75, 3.05) is 0 Å². The molecule has 0 unspecified atom stereocenters. The summed E-state index contributed by atoms with van der Waals surface area (Å²) >= 11 is 0. The van der Waals surface area contributed by atoms with Gasteiger partial charge in [-0.2, -0.15) is 0 Å². The second-order valence-corrected chi connectivity index (χ2v) is 3.70. The van der Waals surface area contributed by atoms with Gasteiger partial charge in [-0.3, -0.25) is 0 Å². The largest absolute Gasteiger partial charge is 0.459 e. The van der Waals surface area contributed by atoms with Crippen molar-refractivity contribution in [3.63, 3.8) is 0 Å². The summed E-state index contributed by atoms with van der Waals surface area (Å²) in [7, 11) is 0. The van der Waals surface area contributed by atoms with Gasteiger partial charge < -0.3 is 4.74 Å². The van der Waals surface area contributed by atoms with Crippen molar-refractivity contribution in [2.24, 2.45) is 5.92 Å². The van der Waals surface area contributed by atoms with Gasteiger partial charge in [0.2, 0.25) is 0 Å². The van der Waals surface area contributed by atoms with Crippen molar-refractivity contribution >= 4 is 5.97 Å². The second kappa shape index (κ2) is 4.29. The van der Waals surface area contributed by atoms with E-state index in [1.54, 1.807) is 0 Å². The van der Waals surface area contributed by atoms with Gasteiger partial charge >= 0.3 is 5.97 Å². The molecular formula is C11H16O2. The molecule has 1 fully saturated rings. The smallest absolute Gasteiger partial charge is 0.342 e. The van der Waals surface area contributed by atoms with Gasteiger partial charge in [0, 0.05) is 0 Å². The minimum absolute atomic E-state index is 0.144. The highest BCUT2D eigenvalue weighted by atomic mass is 16.5. The molecule has 0 amide bonds. The van der Waals surface area contributed by atoms with Crippen LogP contribution in [-0.4, -0.2) is 12.1 Å². The standard InChI is InChI=1S/C11H16O2/c1-4-10(8(2)3)11(12)13-9-6-5-7-9/h8-9H,1,5-7H2,2-3H3. The SMILES string of the molecule is C=C=C(C(=O)OC1CCC1)C(C)C. The molecule has 0 heterocycles. The fourth-order valence-corrected chi connectivity index (χ4v) is 1.22. The molecule has 0 aromatic carbocycles. The maximum Gasteiger partial charge on any atom is 0.342 e. The normalized spacial score (nSPS) is 16.2. The summed E-state index contributed by atoms with van der Waals surface area (Å²) in [6.45, 7) is 7.37. The highest BCUT2D eigenvalue weighted by Crippen LogP contribution is 2.23. The van der Waals surface area contributed by atoms with Crippen molar-refractivity contribution in [1.82, 2.24) is 0 Å². The highest BCUT2D eigenvalue weighted by molar-refractivity contribution is 5.88. The van der Waals surface area contributed by atoms with Crippen molar-refractivity contribution < 1.29 is 9.53 Å². The Kier molecular flexibility index (Phi) is 3.32. The zero-order valence-corrected chi connectivity index (χ0v) is 8.30. The molecule has 1 saturated carbocycles. The van der Waals surface area contributed by atoms with Crippen LogP contribution in [0.4, 0.5) is 0 Å². The molecule has 1 aliphatic rings. The lowest BCUT2D eigenvalue weighted by Gasteiger charge is -2.25. The summed E-state index contributed by atoms with van der Waals surface area (Å²) in [5.41, 5.74) is 3.21. The Hall–Kier alpha value is -1.01. The predicted octanol–water partition coefficient (Wildman–Crippen LogP) is 2.45. The average molecular weight is 180 g/mol. The first-order valence-corrected chi connectivity index (χ1v) is 4.76. The summed E-state index contributed by atoms with van der Waals surface area (Å²) in [6.07, 6.45) is 3.34. The van der Waals surface area contributed by atoms with Gasteiger partial charge in [0.05, 0.1) is 5.57 Å². The fraction of sp³-hybridized carbons (Fsp3) is 0.636. The predicted molar refractivity (Wildman–Crippen MR) is 51.2 cm³/mol. The molecule has 2 nitrogen and oxygen atoms in total. The topological polar surface area (TPSA) is 26.3 Å². The van der Waals surface area contributed by atoms with Crippen LogP contribution in [0.1, 0.15) is 33.1 Å². The first kappa shape index (κ1) is 10.1. The lowest BCUT2D eigenvalue weighted by Crippen LogP contribution is -2.26. The van der Waals surface area contributed by atoms with Crippen molar-refractivity contribution in [2.45, 2.75) is 39.2 Å². The zero-order valence-electron chi connectivity index (χ0n) is 8.30. The van der Waals surface area contributed by atoms with Crippen LogP contribution in [0.2, 0.25) is 0 Å². The third-order valence-corrected chi connectivity index (χ3v) is 2.31. The molecule has 72 valence electrons. The zero-order chi connectivity index (χ0) is 9.84. The summed E-state index contributed by atoms with van der Waals surface area (Å²) in [6, 6.07) is 0. The number of carbonyl (C=O) groups excluding carboxylic acids is 1. The van der Waals surface area contributed by atoms with Crippen LogP contribution in [0.3, 0.4) is 0 Å². The Balaban J connectivity index is 2.49. The summed E-state index contributed by atoms with van der Waals surface area (Å²) in [5, 5.41) is 0. The van der Waals surface area contributed by atoms with Crippen LogP contribution in [0.15, 0.2) is 17.9 Å². The maximum atomic E-state index is 11.5. The molecule has 2 heteroatoms. The molecule has 0 radical (unpaired) electrons. The third kappa shape index (κ3) is 2.46. The molecule has 1 aliphatic carbocycles. The Morgan fingerprint density at radius 1 is 1.54 bits per heavy atom. The molecule has 0 aromatic heterocycles. The van der Waals surface area contributed by atoms with Gasteiger partial charge in [-0.15, -0.1) is 5.73 Å². The van der Waals surface area contributed by atoms with E-state index in [2.05, 4.69) is 12.3 Å². The number of carbonyl (C=O) groups is 1. The average Bonchev–Trinajstić information content (AvgIpc) is 1.97. The summed E-state index contributed by atoms with van der Waals surface area (Å²) in [5.74, 6) is -0.0974. The van der Waals surface area contributed by atoms with E-state index in [1.165, 1.54) is 6.42 Å². The van der Waals surface area contributed by atoms with E-state index in [1.807, 2.05) is 13.8 Å². The van der Waals surface area contributed by atoms with Gasteiger partial charge in [0.1, 0.15) is 6.10 Å². The molecule has 0 saturated heterocycles. The van der Waals surface area contributed by atoms with Crippen molar-refractivity contribution in [3.8, 4) is 0 Å². The first-order valence-electron chi connectivity index (χ1n) is 4.76. The number of hydrogen-bond acceptors (Lipinski definition) is 2. The number of esters is 1. The Morgan fingerprint density at radius 3 is 2.46 bits per heavy atom. The lowest BCUT2D eigenvalue weighted by molar-refractivity contribution is -0.148. The number of hydrogen-bond donors (Lipinski definition) is 0. The summed E-state index contributed by atoms with van der Waals surface area (Å²) in [4.78, 5) is 11.5. The Morgan fingerprint density at radius 2 is 2.15 bits per heavy atom. The molecular weight excluding hydrogens is 164 g/mol. The second-order valence-electron chi connectivity index (χ2n) is 3.70. The first-order chi connectivity index (χ1) is 6.15. The molecule has 0 aliphatic heterocycles. The molecule has 0 bridgehead atoms. The fourth-order valence-electron chi connectivity index (χ4n) is 1.22. The molecule has 0 spiro atoms. The third-order valence-electron chi connectivity index (χ3n) is 2.31. The van der Waals surface area contributed by atoms with Gasteiger partial charge in [-0.1, -0.05) is 20.4 Å². The minimum atomic E-state index is -0.241. The van der Waals surface area contributed by atoms with Crippen LogP contribution < -0.4 is 0 Å². The van der Waals surface area contributed by atoms with Crippen LogP contribution in [0, 0.1) is 5.92 Å². The van der Waals surface area contributed by atoms with E-state index in [-0.39, 0.29) is 18.0 Å². The van der Waals surface area contributed by atoms with Crippen molar-refractivity contribution in [3.05, 3.63) is 17.9 Å². The van der Waals surface area contributed by atoms with E-state index in [0.29, 0.717) is 5.57 Å². The molecule has 1 rings (SSSR count). The van der Waals surface area contributed by atoms with Gasteiger partial charge in [-0.25, -0.2) is 4.79 Å². The maximum absolute atomic E-state index is 11.5. The molecule has 13 heavy (non-hydrogen) atoms. The molecule has 0 N–H and O–H groups in total. The van der Waals surface area contributed by atoms with Crippen LogP contribution in [0.25, 0.3) is 0 Å². The lowest BCUT2D eigenvalue weighted by atomic mass is 9.96. The van der Waals surface area contributed by atoms with E-state index in [4.69, 9.17) is 4.74 Å². The number of rotatable bonds is 3. The van der Waals surface area contributed by atoms with E-state index in [9.17, 15) is 4.79 Å². The van der Waals surface area contributed by atoms with E-state index < -0.39 is 0 Å². The summed E-state index contributed by atoms with van der Waals surface area (Å²) < 4.78 is 5.22. The monoisotopic (exact) mass is 180 g/mol. The number of ether oxygens (including phenoxy) is 1. The van der Waals surface area contributed by atoms with Gasteiger partial charge in [0.15, 0.2) is 0 Å². The Bertz CT molecular complexity index is 243. The van der Waals surface area contributed by atoms with Crippen LogP contribution >= 0.6 is 0 Å². The quantitative estimate of drug-likeness (QED) is 0.379. The van der Waals surface area contributed by atoms with Gasteiger partial charge in [0.25, 0.3) is 0 Å². The Labute approximate surface area is 79.3 Å². The van der Waals surface area contributed by atoms with Crippen LogP contribution in [-0.2, 0) is 9.53 Å².